The number of aromatic nitrogens is 3. The van der Waals surface area contributed by atoms with Gasteiger partial charge in [-0.1, -0.05) is 30.3 Å². The maximum atomic E-state index is 14.1. The zero-order valence-electron chi connectivity index (χ0n) is 19.8. The van der Waals surface area contributed by atoms with E-state index in [0.717, 1.165) is 33.9 Å². The average molecular weight is 464 g/mol. The van der Waals surface area contributed by atoms with Gasteiger partial charge in [0.25, 0.3) is 0 Å². The molecule has 1 saturated heterocycles. The van der Waals surface area contributed by atoms with Gasteiger partial charge in [0.2, 0.25) is 0 Å². The summed E-state index contributed by atoms with van der Waals surface area (Å²) in [5.41, 5.74) is 4.18. The topological polar surface area (TPSA) is 74.3 Å². The van der Waals surface area contributed by atoms with Crippen LogP contribution in [0.2, 0.25) is 0 Å². The second-order valence-corrected chi connectivity index (χ2v) is 9.92. The van der Waals surface area contributed by atoms with Crippen LogP contribution in [0.5, 0.6) is 0 Å². The molecule has 0 bridgehead atoms. The SMILES string of the molecule is CC(C)(C)OC(=O)N1CCc2nc(-c3c(-c4ccccc4)ccnc3N3CC[C@H](F)C3)[nH]c2C1. The molecule has 0 spiro atoms. The van der Waals surface area contributed by atoms with E-state index in [2.05, 4.69) is 22.1 Å². The lowest BCUT2D eigenvalue weighted by Gasteiger charge is -2.29. The number of imidazole rings is 1. The Morgan fingerprint density at radius 2 is 1.97 bits per heavy atom. The van der Waals surface area contributed by atoms with E-state index < -0.39 is 11.8 Å². The third kappa shape index (κ3) is 4.49. The number of carbonyl (C=O) groups is 1. The number of pyridine rings is 1. The van der Waals surface area contributed by atoms with E-state index in [-0.39, 0.29) is 6.09 Å². The number of anilines is 1. The highest BCUT2D eigenvalue weighted by atomic mass is 19.1. The van der Waals surface area contributed by atoms with Gasteiger partial charge in [-0.15, -0.1) is 0 Å². The van der Waals surface area contributed by atoms with Crippen LogP contribution in [0.15, 0.2) is 42.6 Å². The van der Waals surface area contributed by atoms with Gasteiger partial charge in [-0.05, 0) is 44.4 Å². The fourth-order valence-corrected chi connectivity index (χ4v) is 4.59. The molecule has 8 heteroatoms. The van der Waals surface area contributed by atoms with Crippen LogP contribution in [0.25, 0.3) is 22.5 Å². The number of fused-ring (bicyclic) bond motifs is 1. The number of nitrogens with one attached hydrogen (secondary N) is 1. The molecule has 1 N–H and O–H groups in total. The van der Waals surface area contributed by atoms with Gasteiger partial charge in [-0.2, -0.15) is 0 Å². The van der Waals surface area contributed by atoms with Gasteiger partial charge in [-0.3, -0.25) is 0 Å². The maximum absolute atomic E-state index is 14.1. The first-order valence-electron chi connectivity index (χ1n) is 11.8. The molecule has 0 radical (unpaired) electrons. The number of halogens is 1. The van der Waals surface area contributed by atoms with Crippen molar-refractivity contribution in [2.24, 2.45) is 0 Å². The molecule has 2 aliphatic heterocycles. The molecule has 7 nitrogen and oxygen atoms in total. The normalized spacial score (nSPS) is 18.2. The van der Waals surface area contributed by atoms with Crippen LogP contribution in [-0.2, 0) is 17.7 Å². The van der Waals surface area contributed by atoms with Crippen molar-refractivity contribution in [1.82, 2.24) is 19.9 Å². The summed E-state index contributed by atoms with van der Waals surface area (Å²) in [5, 5.41) is 0. The Hall–Kier alpha value is -3.42. The molecule has 2 aliphatic rings. The van der Waals surface area contributed by atoms with Crippen molar-refractivity contribution in [2.75, 3.05) is 24.5 Å². The molecule has 5 rings (SSSR count). The number of nitrogens with zero attached hydrogens (tertiary/aromatic N) is 4. The Kier molecular flexibility index (Phi) is 5.75. The fraction of sp³-hybridized carbons (Fsp3) is 0.423. The Morgan fingerprint density at radius 3 is 2.68 bits per heavy atom. The molecule has 1 amide bonds. The van der Waals surface area contributed by atoms with Gasteiger partial charge in [0.15, 0.2) is 0 Å². The molecule has 0 aliphatic carbocycles. The summed E-state index contributed by atoms with van der Waals surface area (Å²) in [6.45, 7) is 7.49. The van der Waals surface area contributed by atoms with E-state index >= 15 is 0 Å². The van der Waals surface area contributed by atoms with Crippen LogP contribution in [-0.4, -0.2) is 57.4 Å². The number of ether oxygens (including phenoxy) is 1. The molecule has 1 aromatic carbocycles. The van der Waals surface area contributed by atoms with Crippen molar-refractivity contribution in [3.63, 3.8) is 0 Å². The summed E-state index contributed by atoms with van der Waals surface area (Å²) in [5.74, 6) is 1.43. The fourth-order valence-electron chi connectivity index (χ4n) is 4.59. The van der Waals surface area contributed by atoms with Crippen molar-refractivity contribution in [1.29, 1.82) is 0 Å². The number of hydrogen-bond donors (Lipinski definition) is 1. The van der Waals surface area contributed by atoms with Gasteiger partial charge < -0.3 is 19.5 Å². The Morgan fingerprint density at radius 1 is 1.18 bits per heavy atom. The summed E-state index contributed by atoms with van der Waals surface area (Å²) in [6.07, 6.45) is 1.72. The van der Waals surface area contributed by atoms with E-state index in [1.807, 2.05) is 49.9 Å². The monoisotopic (exact) mass is 463 g/mol. The second kappa shape index (κ2) is 8.74. The van der Waals surface area contributed by atoms with Crippen LogP contribution in [0.3, 0.4) is 0 Å². The summed E-state index contributed by atoms with van der Waals surface area (Å²) in [4.78, 5) is 29.4. The number of amides is 1. The van der Waals surface area contributed by atoms with E-state index in [1.54, 1.807) is 11.1 Å². The van der Waals surface area contributed by atoms with Crippen molar-refractivity contribution in [3.05, 3.63) is 54.0 Å². The van der Waals surface area contributed by atoms with Crippen LogP contribution >= 0.6 is 0 Å². The van der Waals surface area contributed by atoms with Crippen molar-refractivity contribution >= 4 is 11.9 Å². The first kappa shape index (κ1) is 22.4. The van der Waals surface area contributed by atoms with Gasteiger partial charge in [0.05, 0.1) is 30.0 Å². The number of rotatable bonds is 3. The summed E-state index contributed by atoms with van der Waals surface area (Å²) < 4.78 is 19.7. The second-order valence-electron chi connectivity index (χ2n) is 9.92. The summed E-state index contributed by atoms with van der Waals surface area (Å²) in [7, 11) is 0. The predicted molar refractivity (Wildman–Crippen MR) is 129 cm³/mol. The number of aromatic amines is 1. The predicted octanol–water partition coefficient (Wildman–Crippen LogP) is 4.98. The average Bonchev–Trinajstić information content (AvgIpc) is 3.43. The van der Waals surface area contributed by atoms with Crippen LogP contribution in [0, 0.1) is 0 Å². The van der Waals surface area contributed by atoms with Crippen LogP contribution < -0.4 is 4.90 Å². The number of alkyl halides is 1. The Balaban J connectivity index is 1.54. The Bertz CT molecular complexity index is 1190. The zero-order chi connectivity index (χ0) is 23.9. The molecule has 0 unspecified atom stereocenters. The number of carbonyl (C=O) groups excluding carboxylic acids is 1. The third-order valence-corrected chi connectivity index (χ3v) is 6.17. The van der Waals surface area contributed by atoms with Gasteiger partial charge in [-0.25, -0.2) is 19.2 Å². The number of H-pyrrole nitrogens is 1. The van der Waals surface area contributed by atoms with Crippen molar-refractivity contribution in [3.8, 4) is 22.5 Å². The van der Waals surface area contributed by atoms with Gasteiger partial charge >= 0.3 is 6.09 Å². The summed E-state index contributed by atoms with van der Waals surface area (Å²) in [6, 6.07) is 12.1. The molecule has 2 aromatic heterocycles. The summed E-state index contributed by atoms with van der Waals surface area (Å²) >= 11 is 0. The number of hydrogen-bond acceptors (Lipinski definition) is 5. The molecular formula is C26H30FN5O2. The van der Waals surface area contributed by atoms with Gasteiger partial charge in [0.1, 0.15) is 23.4 Å². The molecule has 3 aromatic rings. The molecule has 1 atom stereocenters. The highest BCUT2D eigenvalue weighted by Crippen LogP contribution is 2.39. The molecular weight excluding hydrogens is 433 g/mol. The molecule has 0 saturated carbocycles. The minimum absolute atomic E-state index is 0.324. The lowest BCUT2D eigenvalue weighted by atomic mass is 10.00. The highest BCUT2D eigenvalue weighted by molar-refractivity contribution is 5.88. The van der Waals surface area contributed by atoms with Gasteiger partial charge in [0, 0.05) is 25.7 Å². The zero-order valence-corrected chi connectivity index (χ0v) is 19.8. The minimum atomic E-state index is -0.859. The first-order valence-corrected chi connectivity index (χ1v) is 11.8. The third-order valence-electron chi connectivity index (χ3n) is 6.17. The smallest absolute Gasteiger partial charge is 0.410 e. The quantitative estimate of drug-likeness (QED) is 0.593. The molecule has 178 valence electrons. The van der Waals surface area contributed by atoms with E-state index in [4.69, 9.17) is 9.72 Å². The maximum Gasteiger partial charge on any atom is 0.410 e. The van der Waals surface area contributed by atoms with Crippen LogP contribution in [0.4, 0.5) is 15.0 Å². The number of benzene rings is 1. The lowest BCUT2D eigenvalue weighted by Crippen LogP contribution is -2.39. The molecule has 4 heterocycles. The van der Waals surface area contributed by atoms with Crippen molar-refractivity contribution < 1.29 is 13.9 Å². The molecule has 1 fully saturated rings. The first-order chi connectivity index (χ1) is 16.3. The standard InChI is InChI=1S/C26H30FN5O2/c1-26(2,3)34-25(33)32-14-11-20-21(16-32)30-23(29-20)22-19(17-7-5-4-6-8-17)9-12-28-24(22)31-13-10-18(27)15-31/h4-9,12,18H,10-11,13-16H2,1-3H3,(H,29,30)/t18-/m0/s1. The molecule has 34 heavy (non-hydrogen) atoms. The van der Waals surface area contributed by atoms with E-state index in [1.165, 1.54) is 0 Å². The minimum Gasteiger partial charge on any atom is -0.444 e. The van der Waals surface area contributed by atoms with Crippen molar-refractivity contribution in [2.45, 2.75) is 51.9 Å². The van der Waals surface area contributed by atoms with E-state index in [9.17, 15) is 9.18 Å². The highest BCUT2D eigenvalue weighted by Gasteiger charge is 2.31. The largest absolute Gasteiger partial charge is 0.444 e. The van der Waals surface area contributed by atoms with E-state index in [0.29, 0.717) is 44.8 Å². The lowest BCUT2D eigenvalue weighted by molar-refractivity contribution is 0.0221. The van der Waals surface area contributed by atoms with Crippen LogP contribution in [0.1, 0.15) is 38.6 Å². The Labute approximate surface area is 199 Å².